The van der Waals surface area contributed by atoms with Gasteiger partial charge in [-0.05, 0) is 47.5 Å². The molecule has 8 nitrogen and oxygen atoms in total. The van der Waals surface area contributed by atoms with Crippen molar-refractivity contribution >= 4 is 44.7 Å². The van der Waals surface area contributed by atoms with E-state index in [0.717, 1.165) is 10.0 Å². The van der Waals surface area contributed by atoms with Gasteiger partial charge < -0.3 is 10.6 Å². The summed E-state index contributed by atoms with van der Waals surface area (Å²) in [6.07, 6.45) is 0. The molecular formula is C31H22BrFN4O4. The zero-order valence-corrected chi connectivity index (χ0v) is 22.9. The number of halogens is 2. The van der Waals surface area contributed by atoms with Gasteiger partial charge in [0.2, 0.25) is 0 Å². The van der Waals surface area contributed by atoms with E-state index in [1.54, 1.807) is 24.3 Å². The van der Waals surface area contributed by atoms with Gasteiger partial charge in [0.25, 0.3) is 11.6 Å². The molecule has 7 rings (SSSR count). The highest BCUT2D eigenvalue weighted by Gasteiger charge is 2.74. The molecule has 204 valence electrons. The molecule has 0 unspecified atom stereocenters. The highest BCUT2D eigenvalue weighted by Crippen LogP contribution is 2.66. The van der Waals surface area contributed by atoms with E-state index in [4.69, 9.17) is 0 Å². The molecule has 4 aromatic rings. The number of anilines is 2. The minimum Gasteiger partial charge on any atom is -0.378 e. The van der Waals surface area contributed by atoms with Crippen LogP contribution in [0.2, 0.25) is 0 Å². The van der Waals surface area contributed by atoms with Crippen molar-refractivity contribution in [2.45, 2.75) is 17.5 Å². The number of nitro benzene ring substituents is 1. The van der Waals surface area contributed by atoms with Crippen molar-refractivity contribution in [3.05, 3.63) is 134 Å². The summed E-state index contributed by atoms with van der Waals surface area (Å²) < 4.78 is 14.9. The molecule has 4 atom stereocenters. The molecule has 41 heavy (non-hydrogen) atoms. The first kappa shape index (κ1) is 25.6. The zero-order chi connectivity index (χ0) is 28.5. The summed E-state index contributed by atoms with van der Waals surface area (Å²) in [5.74, 6) is -1.91. The molecule has 0 radical (unpaired) electrons. The Kier molecular flexibility index (Phi) is 5.64. The van der Waals surface area contributed by atoms with Crippen LogP contribution in [0.1, 0.15) is 39.0 Å². The number of Topliss-reactive ketones (excluding diaryl/α,β-unsaturated/α-hetero) is 1. The zero-order valence-electron chi connectivity index (χ0n) is 21.4. The van der Waals surface area contributed by atoms with Crippen LogP contribution in [-0.2, 0) is 10.3 Å². The summed E-state index contributed by atoms with van der Waals surface area (Å²) in [7, 11) is 0. The number of carbonyl (C=O) groups excluding carboxylic acids is 2. The fourth-order valence-corrected chi connectivity index (χ4v) is 7.44. The predicted molar refractivity (Wildman–Crippen MR) is 154 cm³/mol. The van der Waals surface area contributed by atoms with Crippen molar-refractivity contribution in [1.82, 2.24) is 5.32 Å². The summed E-state index contributed by atoms with van der Waals surface area (Å²) in [4.78, 5) is 40.8. The molecular weight excluding hydrogens is 591 g/mol. The lowest BCUT2D eigenvalue weighted by atomic mass is 9.55. The smallest absolute Gasteiger partial charge is 0.293 e. The number of hydrogen-bond acceptors (Lipinski definition) is 6. The van der Waals surface area contributed by atoms with Crippen LogP contribution in [0.15, 0.2) is 95.5 Å². The maximum absolute atomic E-state index is 15.1. The first-order valence-corrected chi connectivity index (χ1v) is 13.8. The second-order valence-corrected chi connectivity index (χ2v) is 11.5. The van der Waals surface area contributed by atoms with Crippen molar-refractivity contribution in [2.75, 3.05) is 17.2 Å². The number of nitrogens with one attached hydrogen (secondary N) is 3. The predicted octanol–water partition coefficient (Wildman–Crippen LogP) is 6.07. The van der Waals surface area contributed by atoms with Gasteiger partial charge in [0.15, 0.2) is 5.78 Å². The normalized spacial score (nSPS) is 26.0. The molecule has 0 aliphatic carbocycles. The lowest BCUT2D eigenvalue weighted by Gasteiger charge is -2.46. The number of nitrogens with zero attached hydrogens (tertiary/aromatic N) is 1. The largest absolute Gasteiger partial charge is 0.378 e. The molecule has 1 saturated heterocycles. The first-order valence-electron chi connectivity index (χ1n) is 13.0. The van der Waals surface area contributed by atoms with Crippen molar-refractivity contribution in [3.8, 4) is 0 Å². The minimum atomic E-state index is -1.57. The summed E-state index contributed by atoms with van der Waals surface area (Å²) in [5, 5.41) is 21.7. The van der Waals surface area contributed by atoms with Gasteiger partial charge in [-0.25, -0.2) is 4.39 Å². The number of rotatable bonds is 3. The van der Waals surface area contributed by atoms with Gasteiger partial charge >= 0.3 is 0 Å². The fraction of sp³-hybridized carbons (Fsp3) is 0.161. The molecule has 3 heterocycles. The Labute approximate surface area is 242 Å². The molecule has 1 fully saturated rings. The molecule has 3 N–H and O–H groups in total. The van der Waals surface area contributed by atoms with Crippen molar-refractivity contribution in [1.29, 1.82) is 0 Å². The first-order chi connectivity index (χ1) is 19.8. The van der Waals surface area contributed by atoms with E-state index in [9.17, 15) is 19.3 Å². The van der Waals surface area contributed by atoms with Crippen LogP contribution in [0.3, 0.4) is 0 Å². The van der Waals surface area contributed by atoms with E-state index >= 15 is 4.79 Å². The van der Waals surface area contributed by atoms with Gasteiger partial charge in [0, 0.05) is 45.9 Å². The van der Waals surface area contributed by atoms with E-state index in [-0.39, 0.29) is 23.5 Å². The number of benzene rings is 4. The van der Waals surface area contributed by atoms with Gasteiger partial charge in [-0.1, -0.05) is 64.5 Å². The molecule has 3 aliphatic heterocycles. The van der Waals surface area contributed by atoms with Crippen LogP contribution in [-0.4, -0.2) is 23.2 Å². The lowest BCUT2D eigenvalue weighted by molar-refractivity contribution is -0.384. The molecule has 0 aromatic heterocycles. The molecule has 4 aromatic carbocycles. The second-order valence-electron chi connectivity index (χ2n) is 10.6. The van der Waals surface area contributed by atoms with Crippen LogP contribution in [0.4, 0.5) is 21.5 Å². The van der Waals surface area contributed by atoms with Crippen molar-refractivity contribution in [3.63, 3.8) is 0 Å². The maximum Gasteiger partial charge on any atom is 0.293 e. The number of para-hydroxylation sites is 1. The maximum atomic E-state index is 15.1. The molecule has 0 bridgehead atoms. The monoisotopic (exact) mass is 612 g/mol. The number of hydrogen-bond donors (Lipinski definition) is 3. The van der Waals surface area contributed by atoms with Crippen LogP contribution < -0.4 is 16.0 Å². The number of nitro groups is 1. The van der Waals surface area contributed by atoms with Crippen molar-refractivity contribution in [2.24, 2.45) is 5.41 Å². The Hall–Kier alpha value is -4.41. The van der Waals surface area contributed by atoms with E-state index in [1.807, 2.05) is 42.5 Å². The Morgan fingerprint density at radius 1 is 0.927 bits per heavy atom. The Balaban J connectivity index is 1.58. The highest BCUT2D eigenvalue weighted by molar-refractivity contribution is 9.10. The molecule has 10 heteroatoms. The Morgan fingerprint density at radius 2 is 1.68 bits per heavy atom. The van der Waals surface area contributed by atoms with E-state index < -0.39 is 45.3 Å². The summed E-state index contributed by atoms with van der Waals surface area (Å²) in [5.41, 5.74) is -0.400. The minimum absolute atomic E-state index is 0.0819. The third-order valence-electron chi connectivity index (χ3n) is 8.70. The van der Waals surface area contributed by atoms with Crippen LogP contribution in [0.25, 0.3) is 0 Å². The number of amides is 1. The van der Waals surface area contributed by atoms with Crippen molar-refractivity contribution < 1.29 is 18.9 Å². The summed E-state index contributed by atoms with van der Waals surface area (Å²) in [6.45, 7) is -0.0819. The molecule has 2 spiro atoms. The van der Waals surface area contributed by atoms with E-state index in [1.165, 1.54) is 24.3 Å². The van der Waals surface area contributed by atoms with Gasteiger partial charge in [-0.15, -0.1) is 0 Å². The highest BCUT2D eigenvalue weighted by atomic mass is 79.9. The topological polar surface area (TPSA) is 113 Å². The van der Waals surface area contributed by atoms with E-state index in [2.05, 4.69) is 31.9 Å². The molecule has 1 amide bonds. The summed E-state index contributed by atoms with van der Waals surface area (Å²) >= 11 is 3.54. The lowest BCUT2D eigenvalue weighted by Crippen LogP contribution is -2.62. The van der Waals surface area contributed by atoms with Crippen LogP contribution >= 0.6 is 15.9 Å². The fourth-order valence-electron chi connectivity index (χ4n) is 7.08. The van der Waals surface area contributed by atoms with E-state index in [0.29, 0.717) is 16.8 Å². The average Bonchev–Trinajstić information content (AvgIpc) is 3.44. The number of fused-ring (bicyclic) bond motifs is 4. The molecule has 0 saturated carbocycles. The van der Waals surface area contributed by atoms with Gasteiger partial charge in [-0.2, -0.15) is 0 Å². The standard InChI is InChI=1S/C31H22BrFN4O4/c32-19-11-14-23-22(15-19)31(29(39)35-23)30(16-34-27-21(28(30)38)7-4-8-24(27)37(40)41)25(17-9-12-20(33)13-10-17)26(36-31)18-5-2-1-3-6-18/h1-15,25-26,34,36H,16H2,(H,35,39)/t25-,26-,30-,31-/m1/s1. The van der Waals surface area contributed by atoms with Crippen LogP contribution in [0.5, 0.6) is 0 Å². The average molecular weight is 613 g/mol. The van der Waals surface area contributed by atoms with Gasteiger partial charge in [0.1, 0.15) is 17.0 Å². The van der Waals surface area contributed by atoms with Gasteiger partial charge in [0.05, 0.1) is 10.3 Å². The third kappa shape index (κ3) is 3.41. The quantitative estimate of drug-likeness (QED) is 0.191. The van der Waals surface area contributed by atoms with Gasteiger partial charge in [-0.3, -0.25) is 25.0 Å². The van der Waals surface area contributed by atoms with Crippen LogP contribution in [0, 0.1) is 21.3 Å². The summed E-state index contributed by atoms with van der Waals surface area (Å²) in [6, 6.07) is 24.7. The Bertz CT molecular complexity index is 1770. The third-order valence-corrected chi connectivity index (χ3v) is 9.19. The molecule has 3 aliphatic rings. The Morgan fingerprint density at radius 3 is 2.41 bits per heavy atom. The SMILES string of the molecule is O=C1c2cccc([N+](=O)[O-])c2NC[C@@]12[C@H](c1ccc(F)cc1)[C@@H](c1ccccc1)N[C@]21C(=O)Nc2ccc(Br)cc21. The number of ketones is 1. The second kappa shape index (κ2) is 9.05. The number of carbonyl (C=O) groups is 2.